The molecule has 4 fully saturated rings. The zero-order valence-electron chi connectivity index (χ0n) is 76.8. The summed E-state index contributed by atoms with van der Waals surface area (Å²) in [5, 5.41) is 38.1. The van der Waals surface area contributed by atoms with Gasteiger partial charge in [0.1, 0.15) is 23.3 Å². The van der Waals surface area contributed by atoms with Gasteiger partial charge in [0.25, 0.3) is 57.3 Å². The summed E-state index contributed by atoms with van der Waals surface area (Å²) in [7, 11) is -3.77. The highest BCUT2D eigenvalue weighted by molar-refractivity contribution is 7.90. The molecule has 0 bridgehead atoms. The van der Waals surface area contributed by atoms with Gasteiger partial charge >= 0.3 is 24.1 Å². The van der Waals surface area contributed by atoms with E-state index in [1.54, 1.807) is 134 Å². The lowest BCUT2D eigenvalue weighted by molar-refractivity contribution is -0.125. The van der Waals surface area contributed by atoms with Crippen LogP contribution < -0.4 is 42.5 Å². The Bertz CT molecular complexity index is 8580. The normalized spacial score (nSPS) is 19.0. The first kappa shape index (κ1) is 92.2. The number of carbonyl (C=O) groups excluding carboxylic acids is 12. The average Bonchev–Trinajstić information content (AvgIpc) is 1.60. The van der Waals surface area contributed by atoms with E-state index < -0.39 is 109 Å². The lowest BCUT2D eigenvalue weighted by Gasteiger charge is -2.31. The molecule has 4 atom stereocenters. The summed E-state index contributed by atoms with van der Waals surface area (Å²) in [6.07, 6.45) is 5.20. The third-order valence-corrected chi connectivity index (χ3v) is 29.5. The maximum atomic E-state index is 13.8. The Kier molecular flexibility index (Phi) is 22.6. The first-order valence-electron chi connectivity index (χ1n) is 46.0. The zero-order chi connectivity index (χ0) is 101. The van der Waals surface area contributed by atoms with Crippen molar-refractivity contribution >= 4 is 125 Å². The molecule has 724 valence electrons. The van der Waals surface area contributed by atoms with Crippen LogP contribution in [0.25, 0.3) is 88.1 Å². The molecule has 17 aromatic rings. The van der Waals surface area contributed by atoms with E-state index >= 15 is 0 Å². The minimum Gasteiger partial charge on any atom is -0.361 e. The van der Waals surface area contributed by atoms with Gasteiger partial charge in [0.05, 0.1) is 53.8 Å². The summed E-state index contributed by atoms with van der Waals surface area (Å²) in [6.45, 7) is 2.42. The number of fused-ring (bicyclic) bond motifs is 8. The SMILES string of the molecule is Cc1[nH]nc2ccc(-c3ccc([C@]4(CN5Cc6ccc(F)cc6C5=O)NC(=O)NC4=O)cc3)cc12.O=C1NC(=O)[C@](CN2Cc3ccc(F)cc3C2=O)(c2ccc(-c3c[nH]c4ccccc34)cc2)N1.O=C1NC(=O)[C@](CN2Cc3ccc(F)cc3C2=O)(c2ccc(-c3ccc4c(ccn4S(=O)(=O)c4ccccc4)c3)cc2)N1.O=C1NC(=O)[C@](CN2Cc3ccc(F)cc3C2=O)(c2ccc(-c3ccc4cn[nH]c4c3)cc2)N1. The second-order valence-electron chi connectivity index (χ2n) is 36.6. The molecule has 16 amide bonds. The van der Waals surface area contributed by atoms with Crippen LogP contribution in [-0.4, -0.2) is 155 Å². The van der Waals surface area contributed by atoms with Gasteiger partial charge in [-0.15, -0.1) is 0 Å². The molecule has 0 radical (unpaired) electrons. The van der Waals surface area contributed by atoms with E-state index in [9.17, 15) is 83.5 Å². The van der Waals surface area contributed by atoms with Crippen LogP contribution in [0.2, 0.25) is 0 Å². The summed E-state index contributed by atoms with van der Waals surface area (Å²) in [5.74, 6) is -5.80. The molecule has 4 aromatic heterocycles. The van der Waals surface area contributed by atoms with Gasteiger partial charge in [-0.1, -0.05) is 182 Å². The van der Waals surface area contributed by atoms with Crippen molar-refractivity contribution in [2.24, 2.45) is 0 Å². The van der Waals surface area contributed by atoms with Crippen LogP contribution in [0.4, 0.5) is 36.7 Å². The number of urea groups is 4. The Morgan fingerprint density at radius 2 is 0.705 bits per heavy atom. The molecule has 12 heterocycles. The second kappa shape index (κ2) is 35.8. The number of rotatable bonds is 18. The topological polar surface area (TPSA) is 426 Å². The highest BCUT2D eigenvalue weighted by Gasteiger charge is 2.55. The van der Waals surface area contributed by atoms with Crippen LogP contribution in [-0.2, 0) is 77.5 Å². The zero-order valence-corrected chi connectivity index (χ0v) is 77.6. The second-order valence-corrected chi connectivity index (χ2v) is 38.4. The van der Waals surface area contributed by atoms with Gasteiger partial charge in [-0.25, -0.2) is 49.1 Å². The monoisotopic (exact) mass is 1970 g/mol. The Balaban J connectivity index is 0.000000111. The molecule has 0 spiro atoms. The van der Waals surface area contributed by atoms with Crippen molar-refractivity contribution in [3.8, 4) is 44.5 Å². The number of aryl methyl sites for hydroxylation is 1. The van der Waals surface area contributed by atoms with Crippen molar-refractivity contribution in [1.82, 2.24) is 91.5 Å². The molecule has 37 heteroatoms. The predicted octanol–water partition coefficient (Wildman–Crippen LogP) is 14.5. The fraction of sp³-hybridized carbons (Fsp3) is 0.119. The standard InChI is InChI=1S/C32H23FN4O5S.C26H20FN5O3.C26H19FN4O3.C25H18FN5O3/c33-25-12-8-23-18-36(29(38)27(23)17-25)19-32(30(39)34-31(40)35-32)24-10-6-20(7-11-24)21-9-13-28-22(16-21)14-15-37(28)43(41,42)26-4-2-1-3-5-26;1-14-20-10-16(5-9-22(20)31-30-14)15-2-6-18(7-3-15)26(24(34)28-25(35)29-26)13-32-12-17-4-8-19(27)11-21(17)23(32)33;27-18-10-7-16-13-31(23(32)20(16)11-18)14-26(24(33)29-25(34)30-26)17-8-5-15(6-9-17)21-12-28-22-4-2-1-3-19(21)22;26-19-8-5-17-12-31(22(32)20(17)10-19)13-25(23(33)28-24(34)29-25)18-6-3-14(4-7-18)15-1-2-16-11-27-30-21(16)9-15/h1-17H,18-19H2,(H2,34,35,39,40);2-11H,12-13H2,1H3,(H,30,31)(H2,28,29,34,35);1-12,28H,13-14H2,(H2,29,30,33,34);1-11H,12-13H2,(H,27,30)(H2,28,29,33,34)/t32-;2*26-;25-/m0000/s1. The summed E-state index contributed by atoms with van der Waals surface area (Å²) >= 11 is 0. The van der Waals surface area contributed by atoms with Crippen molar-refractivity contribution in [2.75, 3.05) is 26.2 Å². The number of para-hydroxylation sites is 1. The number of nitrogens with one attached hydrogen (secondary N) is 11. The van der Waals surface area contributed by atoms with Gasteiger partial charge < -0.3 is 45.9 Å². The number of imide groups is 4. The van der Waals surface area contributed by atoms with Crippen LogP contribution >= 0.6 is 0 Å². The quantitative estimate of drug-likeness (QED) is 0.0281. The van der Waals surface area contributed by atoms with E-state index in [1.807, 2.05) is 122 Å². The number of halogens is 4. The predicted molar refractivity (Wildman–Crippen MR) is 526 cm³/mol. The van der Waals surface area contributed by atoms with Gasteiger partial charge in [0.15, 0.2) is 22.2 Å². The maximum Gasteiger partial charge on any atom is 0.322 e. The maximum absolute atomic E-state index is 13.8. The molecule has 0 aliphatic carbocycles. The highest BCUT2D eigenvalue weighted by atomic mass is 32.2. The minimum atomic E-state index is -3.77. The van der Waals surface area contributed by atoms with Crippen molar-refractivity contribution in [1.29, 1.82) is 0 Å². The summed E-state index contributed by atoms with van der Waals surface area (Å²) in [5.41, 5.74) is 11.6. The van der Waals surface area contributed by atoms with Crippen LogP contribution in [0.15, 0.2) is 309 Å². The lowest BCUT2D eigenvalue weighted by Crippen LogP contribution is -2.52. The molecule has 11 N–H and O–H groups in total. The van der Waals surface area contributed by atoms with Crippen molar-refractivity contribution in [2.45, 2.75) is 60.2 Å². The van der Waals surface area contributed by atoms with Gasteiger partial charge in [-0.3, -0.25) is 69.8 Å². The molecule has 0 saturated carbocycles. The third kappa shape index (κ3) is 16.3. The van der Waals surface area contributed by atoms with Crippen LogP contribution in [0.3, 0.4) is 0 Å². The van der Waals surface area contributed by atoms with Gasteiger partial charge in [-0.05, 0) is 194 Å². The van der Waals surface area contributed by atoms with Gasteiger partial charge in [0.2, 0.25) is 0 Å². The van der Waals surface area contributed by atoms with Crippen LogP contribution in [0.1, 0.15) is 91.6 Å². The molecule has 32 nitrogen and oxygen atoms in total. The lowest BCUT2D eigenvalue weighted by atomic mass is 9.88. The Morgan fingerprint density at radius 1 is 0.336 bits per heavy atom. The number of hydrogen-bond acceptors (Lipinski definition) is 16. The number of aromatic nitrogens is 6. The molecule has 4 saturated heterocycles. The highest BCUT2D eigenvalue weighted by Crippen LogP contribution is 2.42. The van der Waals surface area contributed by atoms with Crippen molar-refractivity contribution < 1.29 is 83.5 Å². The minimum absolute atomic E-state index is 0.0772. The number of aromatic amines is 3. The molecular formula is C109H80F4N18O14S. The third-order valence-electron chi connectivity index (χ3n) is 27.8. The molecule has 8 aliphatic rings. The molecule has 0 unspecified atom stereocenters. The van der Waals surface area contributed by atoms with E-state index in [0.29, 0.717) is 50.0 Å². The van der Waals surface area contributed by atoms with E-state index in [1.165, 1.54) is 78.3 Å². The average molecular weight is 1970 g/mol. The molecular weight excluding hydrogens is 1890 g/mol. The fourth-order valence-corrected chi connectivity index (χ4v) is 21.7. The fourth-order valence-electron chi connectivity index (χ4n) is 20.3. The summed E-state index contributed by atoms with van der Waals surface area (Å²) < 4.78 is 82.5. The molecule has 8 aliphatic heterocycles. The summed E-state index contributed by atoms with van der Waals surface area (Å²) in [6, 6.07) is 77.8. The van der Waals surface area contributed by atoms with E-state index in [0.717, 1.165) is 88.3 Å². The molecule has 25 rings (SSSR count). The number of nitrogens with zero attached hydrogens (tertiary/aromatic N) is 7. The van der Waals surface area contributed by atoms with Crippen LogP contribution in [0.5, 0.6) is 0 Å². The van der Waals surface area contributed by atoms with Crippen molar-refractivity contribution in [3.63, 3.8) is 0 Å². The Hall–Kier alpha value is -18.8. The van der Waals surface area contributed by atoms with Crippen molar-refractivity contribution in [3.05, 3.63) is 399 Å². The Labute approximate surface area is 825 Å². The number of amides is 16. The number of hydrogen-bond donors (Lipinski definition) is 11. The first-order chi connectivity index (χ1) is 70.4. The largest absolute Gasteiger partial charge is 0.361 e. The van der Waals surface area contributed by atoms with Gasteiger partial charge in [0, 0.05) is 99.1 Å². The number of H-pyrrole nitrogens is 3. The summed E-state index contributed by atoms with van der Waals surface area (Å²) in [4.78, 5) is 162. The Morgan fingerprint density at radius 3 is 1.12 bits per heavy atom. The van der Waals surface area contributed by atoms with E-state index in [4.69, 9.17) is 0 Å². The van der Waals surface area contributed by atoms with Crippen LogP contribution in [0, 0.1) is 30.2 Å². The number of benzene rings is 13. The number of carbonyl (C=O) groups is 12. The molecule has 13 aromatic carbocycles. The first-order valence-corrected chi connectivity index (χ1v) is 47.5. The van der Waals surface area contributed by atoms with E-state index in [2.05, 4.69) is 67.9 Å². The smallest absolute Gasteiger partial charge is 0.322 e. The molecule has 146 heavy (non-hydrogen) atoms. The van der Waals surface area contributed by atoms with Gasteiger partial charge in [-0.2, -0.15) is 10.2 Å². The van der Waals surface area contributed by atoms with E-state index in [-0.39, 0.29) is 97.2 Å².